The summed E-state index contributed by atoms with van der Waals surface area (Å²) < 4.78 is 10.8. The molecule has 0 bridgehead atoms. The first-order valence-corrected chi connectivity index (χ1v) is 13.8. The molecule has 0 spiro atoms. The Kier molecular flexibility index (Phi) is 10.3. The van der Waals surface area contributed by atoms with Crippen molar-refractivity contribution in [3.63, 3.8) is 0 Å². The van der Waals surface area contributed by atoms with E-state index in [0.717, 1.165) is 28.0 Å². The molecule has 7 nitrogen and oxygen atoms in total. The molecule has 0 fully saturated rings. The Hall–Kier alpha value is -5.17. The number of amidine groups is 1. The van der Waals surface area contributed by atoms with Crippen LogP contribution >= 0.6 is 0 Å². The number of carbonyl (C=O) groups is 2. The highest BCUT2D eigenvalue weighted by molar-refractivity contribution is 5.96. The molecule has 4 rings (SSSR count). The molecule has 4 aromatic rings. The molecule has 4 N–H and O–H groups in total. The van der Waals surface area contributed by atoms with E-state index in [1.54, 1.807) is 30.3 Å². The predicted molar refractivity (Wildman–Crippen MR) is 166 cm³/mol. The molecule has 0 heterocycles. The van der Waals surface area contributed by atoms with E-state index in [1.165, 1.54) is 7.11 Å². The first kappa shape index (κ1) is 29.8. The van der Waals surface area contributed by atoms with Crippen molar-refractivity contribution in [2.24, 2.45) is 11.7 Å². The van der Waals surface area contributed by atoms with Crippen LogP contribution in [0.5, 0.6) is 5.75 Å². The van der Waals surface area contributed by atoms with Crippen LogP contribution in [0.3, 0.4) is 0 Å². The molecular weight excluding hydrogens is 526 g/mol. The molecule has 0 radical (unpaired) electrons. The third-order valence-corrected chi connectivity index (χ3v) is 6.85. The van der Waals surface area contributed by atoms with Gasteiger partial charge in [0.05, 0.1) is 25.7 Å². The largest absolute Gasteiger partial charge is 0.494 e. The number of carbonyl (C=O) groups excluding carboxylic acids is 2. The molecule has 42 heavy (non-hydrogen) atoms. The lowest BCUT2D eigenvalue weighted by Crippen LogP contribution is -2.43. The molecule has 214 valence electrons. The van der Waals surface area contributed by atoms with Gasteiger partial charge in [-0.1, -0.05) is 84.9 Å². The van der Waals surface area contributed by atoms with Gasteiger partial charge in [-0.2, -0.15) is 0 Å². The SMILES string of the molecule is CCOc1cccc(-c2ccc(C(=O)NC(/C=C/c3ccccc3)C(Cc3cccc(C(=N)N)c3)C(=O)OC)cc2)c1. The maximum atomic E-state index is 13.5. The number of hydrogen-bond donors (Lipinski definition) is 3. The number of esters is 1. The summed E-state index contributed by atoms with van der Waals surface area (Å²) in [5.74, 6) is -0.794. The van der Waals surface area contributed by atoms with Crippen molar-refractivity contribution >= 4 is 23.8 Å². The zero-order valence-electron chi connectivity index (χ0n) is 23.7. The summed E-state index contributed by atoms with van der Waals surface area (Å²) in [6, 6.07) is 31.2. The molecule has 0 saturated heterocycles. The normalized spacial score (nSPS) is 12.3. The first-order valence-electron chi connectivity index (χ1n) is 13.8. The maximum Gasteiger partial charge on any atom is 0.311 e. The Morgan fingerprint density at radius 3 is 2.31 bits per heavy atom. The Morgan fingerprint density at radius 1 is 0.881 bits per heavy atom. The smallest absolute Gasteiger partial charge is 0.311 e. The topological polar surface area (TPSA) is 115 Å². The van der Waals surface area contributed by atoms with E-state index >= 15 is 0 Å². The quantitative estimate of drug-likeness (QED) is 0.114. The number of nitrogen functional groups attached to an aromatic ring is 1. The molecule has 2 unspecified atom stereocenters. The summed E-state index contributed by atoms with van der Waals surface area (Å²) in [4.78, 5) is 26.6. The van der Waals surface area contributed by atoms with Gasteiger partial charge in [0.25, 0.3) is 5.91 Å². The molecule has 0 aliphatic rings. The fraction of sp³-hybridized carbons (Fsp3) is 0.171. The lowest BCUT2D eigenvalue weighted by molar-refractivity contribution is -0.145. The van der Waals surface area contributed by atoms with E-state index in [4.69, 9.17) is 20.6 Å². The molecule has 2 atom stereocenters. The van der Waals surface area contributed by atoms with E-state index in [1.807, 2.05) is 91.9 Å². The fourth-order valence-electron chi connectivity index (χ4n) is 4.67. The van der Waals surface area contributed by atoms with E-state index < -0.39 is 17.9 Å². The van der Waals surface area contributed by atoms with Crippen molar-refractivity contribution in [2.45, 2.75) is 19.4 Å². The fourth-order valence-corrected chi connectivity index (χ4v) is 4.67. The Bertz CT molecular complexity index is 1550. The highest BCUT2D eigenvalue weighted by atomic mass is 16.5. The van der Waals surface area contributed by atoms with Crippen LogP contribution in [0.15, 0.2) is 109 Å². The van der Waals surface area contributed by atoms with Crippen LogP contribution < -0.4 is 15.8 Å². The van der Waals surface area contributed by atoms with Crippen LogP contribution in [0.1, 0.15) is 34.0 Å². The second kappa shape index (κ2) is 14.5. The van der Waals surface area contributed by atoms with Crippen LogP contribution in [0, 0.1) is 11.3 Å². The zero-order chi connectivity index (χ0) is 29.9. The van der Waals surface area contributed by atoms with Gasteiger partial charge in [0, 0.05) is 11.1 Å². The van der Waals surface area contributed by atoms with Crippen LogP contribution in [-0.2, 0) is 16.0 Å². The minimum Gasteiger partial charge on any atom is -0.494 e. The second-order valence-corrected chi connectivity index (χ2v) is 9.76. The molecule has 0 saturated carbocycles. The Labute approximate surface area is 246 Å². The number of nitrogens with one attached hydrogen (secondary N) is 2. The summed E-state index contributed by atoms with van der Waals surface area (Å²) in [6.07, 6.45) is 3.96. The number of methoxy groups -OCH3 is 1. The second-order valence-electron chi connectivity index (χ2n) is 9.76. The van der Waals surface area contributed by atoms with Gasteiger partial charge in [-0.15, -0.1) is 0 Å². The number of amides is 1. The number of ether oxygens (including phenoxy) is 2. The summed E-state index contributed by atoms with van der Waals surface area (Å²) >= 11 is 0. The molecule has 1 amide bonds. The van der Waals surface area contributed by atoms with Gasteiger partial charge >= 0.3 is 5.97 Å². The van der Waals surface area contributed by atoms with Crippen molar-refractivity contribution in [1.82, 2.24) is 5.32 Å². The molecule has 0 aliphatic heterocycles. The van der Waals surface area contributed by atoms with Gasteiger partial charge in [-0.05, 0) is 65.9 Å². The van der Waals surface area contributed by atoms with Crippen LogP contribution in [0.4, 0.5) is 0 Å². The van der Waals surface area contributed by atoms with Crippen molar-refractivity contribution in [3.8, 4) is 16.9 Å². The highest BCUT2D eigenvalue weighted by Gasteiger charge is 2.30. The third-order valence-electron chi connectivity index (χ3n) is 6.85. The molecule has 7 heteroatoms. The van der Waals surface area contributed by atoms with Crippen LogP contribution in [-0.4, -0.2) is 37.5 Å². The number of rotatable bonds is 12. The number of nitrogens with two attached hydrogens (primary N) is 1. The summed E-state index contributed by atoms with van der Waals surface area (Å²) in [6.45, 7) is 2.52. The van der Waals surface area contributed by atoms with Crippen molar-refractivity contribution in [2.75, 3.05) is 13.7 Å². The lowest BCUT2D eigenvalue weighted by atomic mass is 9.90. The molecule has 0 aromatic heterocycles. The monoisotopic (exact) mass is 561 g/mol. The summed E-state index contributed by atoms with van der Waals surface area (Å²) in [5, 5.41) is 10.8. The average Bonchev–Trinajstić information content (AvgIpc) is 3.02. The standard InChI is InChI=1S/C35H35N3O4/c1-3-42-30-14-8-12-28(23-30)26-16-18-27(19-17-26)34(39)38-32(20-15-24-9-5-4-6-10-24)31(35(40)41-2)22-25-11-7-13-29(21-25)33(36)37/h4-21,23,31-32H,3,22H2,1-2H3,(H3,36,37)(H,38,39)/b20-15+. The van der Waals surface area contributed by atoms with Crippen molar-refractivity contribution < 1.29 is 19.1 Å². The van der Waals surface area contributed by atoms with Gasteiger partial charge in [0.15, 0.2) is 0 Å². The zero-order valence-corrected chi connectivity index (χ0v) is 23.7. The minimum atomic E-state index is -0.735. The van der Waals surface area contributed by atoms with Gasteiger partial charge in [-0.3, -0.25) is 15.0 Å². The molecular formula is C35H35N3O4. The maximum absolute atomic E-state index is 13.5. The van der Waals surface area contributed by atoms with Gasteiger partial charge in [-0.25, -0.2) is 0 Å². The van der Waals surface area contributed by atoms with E-state index in [-0.39, 0.29) is 18.2 Å². The van der Waals surface area contributed by atoms with Crippen molar-refractivity contribution in [3.05, 3.63) is 131 Å². The number of hydrogen-bond acceptors (Lipinski definition) is 5. The van der Waals surface area contributed by atoms with E-state index in [2.05, 4.69) is 5.32 Å². The third kappa shape index (κ3) is 7.95. The Morgan fingerprint density at radius 2 is 1.62 bits per heavy atom. The van der Waals surface area contributed by atoms with Gasteiger partial charge in [0.2, 0.25) is 0 Å². The lowest BCUT2D eigenvalue weighted by Gasteiger charge is -2.24. The molecule has 4 aromatic carbocycles. The van der Waals surface area contributed by atoms with Crippen LogP contribution in [0.25, 0.3) is 17.2 Å². The van der Waals surface area contributed by atoms with E-state index in [0.29, 0.717) is 17.7 Å². The number of benzene rings is 4. The summed E-state index contributed by atoms with van der Waals surface area (Å²) in [7, 11) is 1.33. The average molecular weight is 562 g/mol. The first-order chi connectivity index (χ1) is 20.4. The predicted octanol–water partition coefficient (Wildman–Crippen LogP) is 5.88. The molecule has 0 aliphatic carbocycles. The van der Waals surface area contributed by atoms with Gasteiger partial charge < -0.3 is 20.5 Å². The van der Waals surface area contributed by atoms with Crippen LogP contribution in [0.2, 0.25) is 0 Å². The summed E-state index contributed by atoms with van der Waals surface area (Å²) in [5.41, 5.74) is 10.4. The highest BCUT2D eigenvalue weighted by Crippen LogP contribution is 2.25. The minimum absolute atomic E-state index is 0.0617. The Balaban J connectivity index is 1.61. The van der Waals surface area contributed by atoms with Crippen molar-refractivity contribution in [1.29, 1.82) is 5.41 Å². The van der Waals surface area contributed by atoms with Gasteiger partial charge in [0.1, 0.15) is 11.6 Å². The van der Waals surface area contributed by atoms with E-state index in [9.17, 15) is 9.59 Å².